The summed E-state index contributed by atoms with van der Waals surface area (Å²) in [6.45, 7) is 6.22. The molecule has 0 fully saturated rings. The zero-order valence-corrected chi connectivity index (χ0v) is 9.41. The van der Waals surface area contributed by atoms with Crippen LogP contribution in [-0.2, 0) is 0 Å². The van der Waals surface area contributed by atoms with Crippen molar-refractivity contribution in [1.29, 1.82) is 0 Å². The van der Waals surface area contributed by atoms with Crippen LogP contribution in [0.1, 0.15) is 17.0 Å². The molecule has 0 saturated carbocycles. The topological polar surface area (TPSA) is 30.9 Å². The summed E-state index contributed by atoms with van der Waals surface area (Å²) >= 11 is 0. The molecule has 15 heavy (non-hydrogen) atoms. The lowest BCUT2D eigenvalue weighted by atomic mass is 10.2. The van der Waals surface area contributed by atoms with Crippen LogP contribution in [0.3, 0.4) is 0 Å². The highest BCUT2D eigenvalue weighted by Gasteiger charge is 2.04. The predicted molar refractivity (Wildman–Crippen MR) is 64.4 cm³/mol. The van der Waals surface area contributed by atoms with Gasteiger partial charge in [-0.25, -0.2) is 0 Å². The van der Waals surface area contributed by atoms with Crippen LogP contribution in [0.4, 0.5) is 5.69 Å². The van der Waals surface area contributed by atoms with E-state index in [1.165, 1.54) is 11.4 Å². The summed E-state index contributed by atoms with van der Waals surface area (Å²) in [5.41, 5.74) is 11.5. The quantitative estimate of drug-likeness (QED) is 0.705. The summed E-state index contributed by atoms with van der Waals surface area (Å²) in [7, 11) is 0. The Hall–Kier alpha value is -1.70. The molecule has 0 aliphatic rings. The summed E-state index contributed by atoms with van der Waals surface area (Å²) in [4.78, 5) is 0. The lowest BCUT2D eigenvalue weighted by Gasteiger charge is -2.11. The molecular formula is C13H16N2. The van der Waals surface area contributed by atoms with Crippen molar-refractivity contribution in [2.45, 2.75) is 20.8 Å². The van der Waals surface area contributed by atoms with E-state index >= 15 is 0 Å². The third-order valence-electron chi connectivity index (χ3n) is 2.79. The molecule has 78 valence electrons. The Morgan fingerprint density at radius 1 is 0.933 bits per heavy atom. The molecule has 0 aliphatic heterocycles. The van der Waals surface area contributed by atoms with Gasteiger partial charge in [-0.05, 0) is 50.6 Å². The standard InChI is InChI=1S/C13H16N2/c1-9-4-7-12(8-13(9)14)15-10(2)5-6-11(15)3/h4-8H,14H2,1-3H3. The van der Waals surface area contributed by atoms with Crippen molar-refractivity contribution in [2.75, 3.05) is 5.73 Å². The van der Waals surface area contributed by atoms with Gasteiger partial charge >= 0.3 is 0 Å². The molecule has 1 aromatic carbocycles. The average molecular weight is 200 g/mol. The number of hydrogen-bond acceptors (Lipinski definition) is 1. The van der Waals surface area contributed by atoms with Gasteiger partial charge < -0.3 is 10.3 Å². The number of aromatic nitrogens is 1. The van der Waals surface area contributed by atoms with Crippen molar-refractivity contribution in [3.63, 3.8) is 0 Å². The lowest BCUT2D eigenvalue weighted by molar-refractivity contribution is 0.965. The summed E-state index contributed by atoms with van der Waals surface area (Å²) in [6.07, 6.45) is 0. The fourth-order valence-electron chi connectivity index (χ4n) is 1.84. The number of rotatable bonds is 1. The maximum absolute atomic E-state index is 5.91. The van der Waals surface area contributed by atoms with Crippen molar-refractivity contribution in [2.24, 2.45) is 0 Å². The van der Waals surface area contributed by atoms with Crippen LogP contribution in [0.2, 0.25) is 0 Å². The first kappa shape index (κ1) is 9.84. The van der Waals surface area contributed by atoms with Crippen molar-refractivity contribution in [3.05, 3.63) is 47.3 Å². The van der Waals surface area contributed by atoms with Crippen LogP contribution in [0.25, 0.3) is 5.69 Å². The van der Waals surface area contributed by atoms with E-state index < -0.39 is 0 Å². The molecule has 0 radical (unpaired) electrons. The number of nitrogens with two attached hydrogens (primary N) is 1. The molecule has 2 nitrogen and oxygen atoms in total. The van der Waals surface area contributed by atoms with Gasteiger partial charge in [-0.15, -0.1) is 0 Å². The summed E-state index contributed by atoms with van der Waals surface area (Å²) in [6, 6.07) is 10.4. The Morgan fingerprint density at radius 3 is 2.07 bits per heavy atom. The van der Waals surface area contributed by atoms with E-state index in [9.17, 15) is 0 Å². The van der Waals surface area contributed by atoms with E-state index in [1.54, 1.807) is 0 Å². The number of aryl methyl sites for hydroxylation is 3. The molecule has 0 unspecified atom stereocenters. The van der Waals surface area contributed by atoms with Gasteiger partial charge in [0.15, 0.2) is 0 Å². The average Bonchev–Trinajstić information content (AvgIpc) is 2.52. The Kier molecular flexibility index (Phi) is 2.27. The molecule has 1 aromatic heterocycles. The highest BCUT2D eigenvalue weighted by molar-refractivity contribution is 5.54. The lowest BCUT2D eigenvalue weighted by Crippen LogP contribution is -2.00. The molecule has 0 bridgehead atoms. The van der Waals surface area contributed by atoms with Crippen LogP contribution in [0.5, 0.6) is 0 Å². The Labute approximate surface area is 90.3 Å². The minimum atomic E-state index is 0.847. The second-order valence-electron chi connectivity index (χ2n) is 3.99. The largest absolute Gasteiger partial charge is 0.398 e. The van der Waals surface area contributed by atoms with E-state index in [2.05, 4.69) is 42.7 Å². The smallest absolute Gasteiger partial charge is 0.0475 e. The maximum atomic E-state index is 5.91. The van der Waals surface area contributed by atoms with E-state index in [-0.39, 0.29) is 0 Å². The molecule has 0 atom stereocenters. The molecule has 2 heteroatoms. The SMILES string of the molecule is Cc1ccc(-n2c(C)ccc2C)cc1N. The van der Waals surface area contributed by atoms with Gasteiger partial charge in [0.25, 0.3) is 0 Å². The minimum absolute atomic E-state index is 0.847. The van der Waals surface area contributed by atoms with Crippen LogP contribution >= 0.6 is 0 Å². The van der Waals surface area contributed by atoms with Gasteiger partial charge in [0.2, 0.25) is 0 Å². The fourth-order valence-corrected chi connectivity index (χ4v) is 1.84. The second-order valence-corrected chi connectivity index (χ2v) is 3.99. The van der Waals surface area contributed by atoms with Crippen LogP contribution < -0.4 is 5.73 Å². The highest BCUT2D eigenvalue weighted by Crippen LogP contribution is 2.20. The summed E-state index contributed by atoms with van der Waals surface area (Å²) in [5, 5.41) is 0. The van der Waals surface area contributed by atoms with E-state index in [4.69, 9.17) is 5.73 Å². The van der Waals surface area contributed by atoms with E-state index in [1.807, 2.05) is 13.0 Å². The predicted octanol–water partition coefficient (Wildman–Crippen LogP) is 2.98. The minimum Gasteiger partial charge on any atom is -0.398 e. The molecule has 2 aromatic rings. The molecule has 0 spiro atoms. The number of benzene rings is 1. The van der Waals surface area contributed by atoms with Crippen LogP contribution in [0, 0.1) is 20.8 Å². The molecule has 1 heterocycles. The number of hydrogen-bond donors (Lipinski definition) is 1. The first-order chi connectivity index (χ1) is 7.09. The van der Waals surface area contributed by atoms with Gasteiger partial charge in [-0.1, -0.05) is 6.07 Å². The number of anilines is 1. The number of nitrogen functional groups attached to an aromatic ring is 1. The van der Waals surface area contributed by atoms with Crippen molar-refractivity contribution >= 4 is 5.69 Å². The van der Waals surface area contributed by atoms with Crippen molar-refractivity contribution < 1.29 is 0 Å². The Morgan fingerprint density at radius 2 is 1.53 bits per heavy atom. The molecule has 2 rings (SSSR count). The van der Waals surface area contributed by atoms with Crippen molar-refractivity contribution in [3.8, 4) is 5.69 Å². The van der Waals surface area contributed by atoms with E-state index in [0.717, 1.165) is 16.9 Å². The summed E-state index contributed by atoms with van der Waals surface area (Å²) in [5.74, 6) is 0. The van der Waals surface area contributed by atoms with Gasteiger partial charge in [-0.2, -0.15) is 0 Å². The Balaban J connectivity index is 2.59. The first-order valence-corrected chi connectivity index (χ1v) is 5.11. The fraction of sp³-hybridized carbons (Fsp3) is 0.231. The monoisotopic (exact) mass is 200 g/mol. The van der Waals surface area contributed by atoms with Crippen molar-refractivity contribution in [1.82, 2.24) is 4.57 Å². The van der Waals surface area contributed by atoms with Gasteiger partial charge in [0.05, 0.1) is 0 Å². The first-order valence-electron chi connectivity index (χ1n) is 5.11. The molecule has 0 aliphatic carbocycles. The maximum Gasteiger partial charge on any atom is 0.0475 e. The zero-order chi connectivity index (χ0) is 11.0. The van der Waals surface area contributed by atoms with Crippen LogP contribution in [0.15, 0.2) is 30.3 Å². The molecule has 0 saturated heterocycles. The third kappa shape index (κ3) is 1.63. The number of nitrogens with zero attached hydrogens (tertiary/aromatic N) is 1. The molecule has 0 amide bonds. The molecular weight excluding hydrogens is 184 g/mol. The Bertz CT molecular complexity index is 476. The van der Waals surface area contributed by atoms with Crippen LogP contribution in [-0.4, -0.2) is 4.57 Å². The zero-order valence-electron chi connectivity index (χ0n) is 9.41. The van der Waals surface area contributed by atoms with E-state index in [0.29, 0.717) is 0 Å². The molecule has 2 N–H and O–H groups in total. The van der Waals surface area contributed by atoms with Gasteiger partial charge in [-0.3, -0.25) is 0 Å². The summed E-state index contributed by atoms with van der Waals surface area (Å²) < 4.78 is 2.20. The second kappa shape index (κ2) is 3.46. The highest BCUT2D eigenvalue weighted by atomic mass is 15.0. The van der Waals surface area contributed by atoms with Gasteiger partial charge in [0, 0.05) is 22.8 Å². The normalized spacial score (nSPS) is 10.6. The van der Waals surface area contributed by atoms with Gasteiger partial charge in [0.1, 0.15) is 0 Å². The third-order valence-corrected chi connectivity index (χ3v) is 2.79.